The summed E-state index contributed by atoms with van der Waals surface area (Å²) in [6.07, 6.45) is 2.02. The molecule has 0 aliphatic carbocycles. The van der Waals surface area contributed by atoms with Crippen LogP contribution in [0.25, 0.3) is 0 Å². The highest BCUT2D eigenvalue weighted by Gasteiger charge is 2.08. The minimum absolute atomic E-state index is 0.170. The molecular weight excluding hydrogens is 245 g/mol. The second-order valence-corrected chi connectivity index (χ2v) is 5.29. The number of benzene rings is 1. The first-order valence-electron chi connectivity index (χ1n) is 6.31. The molecule has 0 aliphatic heterocycles. The summed E-state index contributed by atoms with van der Waals surface area (Å²) in [5.41, 5.74) is 1.17. The Morgan fingerprint density at radius 3 is 2.61 bits per heavy atom. The Labute approximate surface area is 112 Å². The van der Waals surface area contributed by atoms with Crippen LogP contribution in [0.4, 0.5) is 4.39 Å². The molecule has 0 radical (unpaired) electrons. The molecule has 0 saturated carbocycles. The zero-order valence-corrected chi connectivity index (χ0v) is 11.3. The van der Waals surface area contributed by atoms with Gasteiger partial charge in [0.2, 0.25) is 0 Å². The summed E-state index contributed by atoms with van der Waals surface area (Å²) in [5.74, 6) is -0.170. The van der Waals surface area contributed by atoms with E-state index in [9.17, 15) is 4.39 Å². The van der Waals surface area contributed by atoms with Crippen LogP contribution in [0.5, 0.6) is 0 Å². The van der Waals surface area contributed by atoms with Gasteiger partial charge >= 0.3 is 0 Å². The summed E-state index contributed by atoms with van der Waals surface area (Å²) in [5, 5.41) is 5.66. The number of nitrogens with one attached hydrogen (secondary N) is 1. The van der Waals surface area contributed by atoms with Gasteiger partial charge in [0.1, 0.15) is 5.82 Å². The summed E-state index contributed by atoms with van der Waals surface area (Å²) in [4.78, 5) is 1.39. The van der Waals surface area contributed by atoms with Gasteiger partial charge in [0.25, 0.3) is 0 Å². The predicted molar refractivity (Wildman–Crippen MR) is 75.5 cm³/mol. The fraction of sp³-hybridized carbons (Fsp3) is 0.333. The highest BCUT2D eigenvalue weighted by atomic mass is 32.1. The molecule has 1 atom stereocenters. The molecule has 0 saturated heterocycles. The first-order chi connectivity index (χ1) is 8.79. The van der Waals surface area contributed by atoms with Crippen molar-refractivity contribution in [2.24, 2.45) is 0 Å². The summed E-state index contributed by atoms with van der Waals surface area (Å²) < 4.78 is 12.8. The second-order valence-electron chi connectivity index (χ2n) is 4.31. The first-order valence-corrected chi connectivity index (χ1v) is 7.18. The van der Waals surface area contributed by atoms with Crippen LogP contribution in [0.2, 0.25) is 0 Å². The van der Waals surface area contributed by atoms with Gasteiger partial charge in [-0.25, -0.2) is 4.39 Å². The van der Waals surface area contributed by atoms with E-state index in [4.69, 9.17) is 0 Å². The molecule has 0 aliphatic rings. The first kappa shape index (κ1) is 13.2. The van der Waals surface area contributed by atoms with Gasteiger partial charge in [0, 0.05) is 10.9 Å². The van der Waals surface area contributed by atoms with Crippen molar-refractivity contribution < 1.29 is 4.39 Å². The SMILES string of the molecule is CCC(NCCc1ccc(F)cc1)c1cccs1. The molecule has 1 aromatic carbocycles. The minimum Gasteiger partial charge on any atom is -0.309 e. The second kappa shape index (κ2) is 6.66. The largest absolute Gasteiger partial charge is 0.309 e. The molecule has 1 N–H and O–H groups in total. The van der Waals surface area contributed by atoms with E-state index in [0.717, 1.165) is 19.4 Å². The van der Waals surface area contributed by atoms with Crippen LogP contribution >= 0.6 is 11.3 Å². The Balaban J connectivity index is 1.82. The molecule has 1 heterocycles. The number of hydrogen-bond acceptors (Lipinski definition) is 2. The van der Waals surface area contributed by atoms with E-state index in [2.05, 4.69) is 29.8 Å². The van der Waals surface area contributed by atoms with Crippen molar-refractivity contribution >= 4 is 11.3 Å². The van der Waals surface area contributed by atoms with Crippen molar-refractivity contribution in [3.63, 3.8) is 0 Å². The Morgan fingerprint density at radius 2 is 2.00 bits per heavy atom. The number of halogens is 1. The maximum Gasteiger partial charge on any atom is 0.123 e. The Kier molecular flexibility index (Phi) is 4.90. The molecule has 0 bridgehead atoms. The lowest BCUT2D eigenvalue weighted by Crippen LogP contribution is -2.22. The van der Waals surface area contributed by atoms with Gasteiger partial charge in [-0.05, 0) is 48.5 Å². The van der Waals surface area contributed by atoms with E-state index < -0.39 is 0 Å². The summed E-state index contributed by atoms with van der Waals surface area (Å²) in [6, 6.07) is 11.4. The lowest BCUT2D eigenvalue weighted by Gasteiger charge is -2.15. The van der Waals surface area contributed by atoms with Gasteiger partial charge in [0.05, 0.1) is 0 Å². The molecule has 0 spiro atoms. The topological polar surface area (TPSA) is 12.0 Å². The molecule has 1 unspecified atom stereocenters. The molecular formula is C15H18FNS. The zero-order chi connectivity index (χ0) is 12.8. The fourth-order valence-corrected chi connectivity index (χ4v) is 2.86. The van der Waals surface area contributed by atoms with Gasteiger partial charge in [0.15, 0.2) is 0 Å². The Bertz CT molecular complexity index is 450. The van der Waals surface area contributed by atoms with Crippen LogP contribution < -0.4 is 5.32 Å². The monoisotopic (exact) mass is 263 g/mol. The summed E-state index contributed by atoms with van der Waals surface area (Å²) in [6.45, 7) is 3.11. The molecule has 3 heteroatoms. The van der Waals surface area contributed by atoms with Crippen molar-refractivity contribution in [2.45, 2.75) is 25.8 Å². The number of rotatable bonds is 6. The predicted octanol–water partition coefficient (Wildman–Crippen LogP) is 4.17. The van der Waals surface area contributed by atoms with E-state index in [1.54, 1.807) is 11.3 Å². The van der Waals surface area contributed by atoms with Crippen molar-refractivity contribution in [2.75, 3.05) is 6.54 Å². The van der Waals surface area contributed by atoms with Crippen molar-refractivity contribution in [1.82, 2.24) is 5.32 Å². The highest BCUT2D eigenvalue weighted by Crippen LogP contribution is 2.21. The smallest absolute Gasteiger partial charge is 0.123 e. The van der Waals surface area contributed by atoms with Gasteiger partial charge in [-0.15, -0.1) is 11.3 Å². The van der Waals surface area contributed by atoms with E-state index in [1.165, 1.54) is 22.6 Å². The third-order valence-corrected chi connectivity index (χ3v) is 4.00. The third-order valence-electron chi connectivity index (χ3n) is 3.01. The van der Waals surface area contributed by atoms with Crippen LogP contribution in [0, 0.1) is 5.82 Å². The van der Waals surface area contributed by atoms with E-state index in [-0.39, 0.29) is 5.82 Å². The highest BCUT2D eigenvalue weighted by molar-refractivity contribution is 7.10. The van der Waals surface area contributed by atoms with Gasteiger partial charge < -0.3 is 5.32 Å². The van der Waals surface area contributed by atoms with E-state index in [1.807, 2.05) is 12.1 Å². The van der Waals surface area contributed by atoms with Crippen molar-refractivity contribution in [3.05, 3.63) is 58.0 Å². The van der Waals surface area contributed by atoms with Crippen LogP contribution in [0.15, 0.2) is 41.8 Å². The minimum atomic E-state index is -0.170. The average Bonchev–Trinajstić information content (AvgIpc) is 2.91. The lowest BCUT2D eigenvalue weighted by atomic mass is 10.1. The van der Waals surface area contributed by atoms with Gasteiger partial charge in [-0.3, -0.25) is 0 Å². The molecule has 18 heavy (non-hydrogen) atoms. The van der Waals surface area contributed by atoms with Crippen LogP contribution in [-0.2, 0) is 6.42 Å². The van der Waals surface area contributed by atoms with Crippen LogP contribution in [-0.4, -0.2) is 6.54 Å². The Morgan fingerprint density at radius 1 is 1.22 bits per heavy atom. The number of thiophene rings is 1. The van der Waals surface area contributed by atoms with E-state index >= 15 is 0 Å². The fourth-order valence-electron chi connectivity index (χ4n) is 1.98. The maximum absolute atomic E-state index is 12.8. The number of hydrogen-bond donors (Lipinski definition) is 1. The Hall–Kier alpha value is -1.19. The van der Waals surface area contributed by atoms with Crippen molar-refractivity contribution in [1.29, 1.82) is 0 Å². The quantitative estimate of drug-likeness (QED) is 0.824. The maximum atomic E-state index is 12.8. The molecule has 0 fully saturated rings. The standard InChI is InChI=1S/C15H18FNS/c1-2-14(15-4-3-11-18-15)17-10-9-12-5-7-13(16)8-6-12/h3-8,11,14,17H,2,9-10H2,1H3. The average molecular weight is 263 g/mol. The molecule has 1 nitrogen and oxygen atoms in total. The van der Waals surface area contributed by atoms with Gasteiger partial charge in [-0.1, -0.05) is 25.1 Å². The van der Waals surface area contributed by atoms with E-state index in [0.29, 0.717) is 6.04 Å². The normalized spacial score (nSPS) is 12.6. The molecule has 96 valence electrons. The van der Waals surface area contributed by atoms with Crippen molar-refractivity contribution in [3.8, 4) is 0 Å². The zero-order valence-electron chi connectivity index (χ0n) is 10.5. The molecule has 2 rings (SSSR count). The lowest BCUT2D eigenvalue weighted by molar-refractivity contribution is 0.530. The van der Waals surface area contributed by atoms with Gasteiger partial charge in [-0.2, -0.15) is 0 Å². The summed E-state index contributed by atoms with van der Waals surface area (Å²) >= 11 is 1.79. The molecule has 1 aromatic heterocycles. The van der Waals surface area contributed by atoms with Crippen LogP contribution in [0.3, 0.4) is 0 Å². The molecule has 2 aromatic rings. The molecule has 0 amide bonds. The van der Waals surface area contributed by atoms with Crippen LogP contribution in [0.1, 0.15) is 29.8 Å². The third kappa shape index (κ3) is 3.65. The summed E-state index contributed by atoms with van der Waals surface area (Å²) in [7, 11) is 0.